The van der Waals surface area contributed by atoms with E-state index in [1.807, 2.05) is 0 Å². The summed E-state index contributed by atoms with van der Waals surface area (Å²) in [7, 11) is 0. The van der Waals surface area contributed by atoms with E-state index >= 15 is 0 Å². The molecule has 0 nitrogen and oxygen atoms in total. The molecule has 0 heteroatoms. The predicted molar refractivity (Wildman–Crippen MR) is 57.6 cm³/mol. The van der Waals surface area contributed by atoms with E-state index < -0.39 is 0 Å². The summed E-state index contributed by atoms with van der Waals surface area (Å²) in [5, 5.41) is 0. The molecular weight excluding hydrogens is 156 g/mol. The lowest BCUT2D eigenvalue weighted by molar-refractivity contribution is 0.0826. The summed E-state index contributed by atoms with van der Waals surface area (Å²) < 4.78 is 0. The largest absolute Gasteiger partial charge is 0.0625 e. The second-order valence-corrected chi connectivity index (χ2v) is 5.73. The fraction of sp³-hybridized carbons (Fsp3) is 1.00. The van der Waals surface area contributed by atoms with E-state index in [1.165, 1.54) is 25.7 Å². The van der Waals surface area contributed by atoms with Gasteiger partial charge in [-0.3, -0.25) is 0 Å². The molecule has 0 spiro atoms. The van der Waals surface area contributed by atoms with Gasteiger partial charge >= 0.3 is 0 Å². The molecule has 76 valence electrons. The Labute approximate surface area is 83.1 Å². The Morgan fingerprint density at radius 1 is 1.00 bits per heavy atom. The van der Waals surface area contributed by atoms with Crippen molar-refractivity contribution in [3.63, 3.8) is 0 Å². The van der Waals surface area contributed by atoms with Crippen LogP contribution in [0.1, 0.15) is 52.9 Å². The van der Waals surface area contributed by atoms with E-state index in [-0.39, 0.29) is 0 Å². The molecule has 0 saturated heterocycles. The van der Waals surface area contributed by atoms with E-state index in [9.17, 15) is 0 Å². The Hall–Kier alpha value is 0. The molecule has 0 bridgehead atoms. The van der Waals surface area contributed by atoms with Gasteiger partial charge in [-0.1, -0.05) is 40.0 Å². The van der Waals surface area contributed by atoms with Crippen LogP contribution in [0, 0.1) is 29.6 Å². The second kappa shape index (κ2) is 3.63. The summed E-state index contributed by atoms with van der Waals surface area (Å²) >= 11 is 0. The van der Waals surface area contributed by atoms with Crippen LogP contribution in [-0.4, -0.2) is 0 Å². The van der Waals surface area contributed by atoms with Crippen molar-refractivity contribution in [3.8, 4) is 0 Å². The van der Waals surface area contributed by atoms with Crippen molar-refractivity contribution in [3.05, 3.63) is 0 Å². The summed E-state index contributed by atoms with van der Waals surface area (Å²) in [5.74, 6) is 5.17. The summed E-state index contributed by atoms with van der Waals surface area (Å²) in [4.78, 5) is 0. The first-order valence-corrected chi connectivity index (χ1v) is 6.20. The molecule has 2 rings (SSSR count). The molecule has 0 aromatic rings. The van der Waals surface area contributed by atoms with E-state index in [1.54, 1.807) is 6.42 Å². The minimum atomic E-state index is 0.917. The maximum absolute atomic E-state index is 2.49. The summed E-state index contributed by atoms with van der Waals surface area (Å²) in [6.07, 6.45) is 7.64. The van der Waals surface area contributed by atoms with E-state index in [0.717, 1.165) is 29.6 Å². The normalized spacial score (nSPS) is 45.2. The maximum Gasteiger partial charge on any atom is -0.0334 e. The first-order valence-electron chi connectivity index (χ1n) is 6.20. The van der Waals surface area contributed by atoms with Crippen LogP contribution in [-0.2, 0) is 0 Å². The first kappa shape index (κ1) is 9.55. The Balaban J connectivity index is 2.10. The lowest BCUT2D eigenvalue weighted by atomic mass is 9.64. The Bertz CT molecular complexity index is 171. The van der Waals surface area contributed by atoms with Crippen LogP contribution in [0.5, 0.6) is 0 Å². The van der Waals surface area contributed by atoms with Crippen LogP contribution >= 0.6 is 0 Å². The highest BCUT2D eigenvalue weighted by Crippen LogP contribution is 2.50. The molecule has 2 saturated carbocycles. The van der Waals surface area contributed by atoms with Gasteiger partial charge in [0.2, 0.25) is 0 Å². The van der Waals surface area contributed by atoms with Crippen molar-refractivity contribution in [2.24, 2.45) is 29.6 Å². The Morgan fingerprint density at radius 3 is 2.46 bits per heavy atom. The molecule has 4 atom stereocenters. The van der Waals surface area contributed by atoms with E-state index in [2.05, 4.69) is 20.8 Å². The van der Waals surface area contributed by atoms with Crippen molar-refractivity contribution in [2.75, 3.05) is 0 Å². The SMILES string of the molecule is CC(C)C1C(C)CCC2CCCC21. The lowest BCUT2D eigenvalue weighted by Gasteiger charge is -2.41. The topological polar surface area (TPSA) is 0 Å². The number of hydrogen-bond acceptors (Lipinski definition) is 0. The standard InChI is InChI=1S/C13H24/c1-9(2)13-10(3)7-8-11-5-4-6-12(11)13/h9-13H,4-8H2,1-3H3. The first-order chi connectivity index (χ1) is 6.20. The van der Waals surface area contributed by atoms with Crippen molar-refractivity contribution < 1.29 is 0 Å². The number of hydrogen-bond donors (Lipinski definition) is 0. The molecular formula is C13H24. The Morgan fingerprint density at radius 2 is 1.77 bits per heavy atom. The van der Waals surface area contributed by atoms with Crippen molar-refractivity contribution in [2.45, 2.75) is 52.9 Å². The summed E-state index contributed by atoms with van der Waals surface area (Å²) in [6, 6.07) is 0. The van der Waals surface area contributed by atoms with Crippen LogP contribution in [0.4, 0.5) is 0 Å². The fourth-order valence-corrected chi connectivity index (χ4v) is 4.17. The van der Waals surface area contributed by atoms with Gasteiger partial charge in [-0.05, 0) is 42.4 Å². The van der Waals surface area contributed by atoms with Gasteiger partial charge in [0, 0.05) is 0 Å². The highest BCUT2D eigenvalue weighted by atomic mass is 14.5. The Kier molecular flexibility index (Phi) is 2.67. The molecule has 2 aliphatic carbocycles. The average molecular weight is 180 g/mol. The van der Waals surface area contributed by atoms with Gasteiger partial charge in [0.05, 0.1) is 0 Å². The molecule has 0 radical (unpaired) electrons. The molecule has 0 aliphatic heterocycles. The quantitative estimate of drug-likeness (QED) is 0.570. The fourth-order valence-electron chi connectivity index (χ4n) is 4.17. The third-order valence-electron chi connectivity index (χ3n) is 4.63. The highest BCUT2D eigenvalue weighted by molar-refractivity contribution is 4.90. The average Bonchev–Trinajstić information content (AvgIpc) is 2.50. The lowest BCUT2D eigenvalue weighted by Crippen LogP contribution is -2.33. The van der Waals surface area contributed by atoms with Gasteiger partial charge in [-0.25, -0.2) is 0 Å². The molecule has 0 aromatic heterocycles. The van der Waals surface area contributed by atoms with Crippen molar-refractivity contribution in [1.29, 1.82) is 0 Å². The maximum atomic E-state index is 2.49. The minimum Gasteiger partial charge on any atom is -0.0625 e. The zero-order valence-corrected chi connectivity index (χ0v) is 9.42. The third kappa shape index (κ3) is 1.65. The van der Waals surface area contributed by atoms with Crippen LogP contribution in [0.25, 0.3) is 0 Å². The molecule has 0 amide bonds. The van der Waals surface area contributed by atoms with Crippen LogP contribution < -0.4 is 0 Å². The zero-order valence-electron chi connectivity index (χ0n) is 9.42. The third-order valence-corrected chi connectivity index (χ3v) is 4.63. The van der Waals surface area contributed by atoms with Crippen LogP contribution in [0.2, 0.25) is 0 Å². The van der Waals surface area contributed by atoms with Crippen LogP contribution in [0.3, 0.4) is 0 Å². The van der Waals surface area contributed by atoms with Gasteiger partial charge in [0.25, 0.3) is 0 Å². The molecule has 13 heavy (non-hydrogen) atoms. The van der Waals surface area contributed by atoms with Gasteiger partial charge < -0.3 is 0 Å². The smallest absolute Gasteiger partial charge is 0.0334 e. The number of fused-ring (bicyclic) bond motifs is 1. The molecule has 4 unspecified atom stereocenters. The van der Waals surface area contributed by atoms with Gasteiger partial charge in [-0.2, -0.15) is 0 Å². The van der Waals surface area contributed by atoms with Gasteiger partial charge in [0.1, 0.15) is 0 Å². The molecule has 2 fully saturated rings. The summed E-state index contributed by atoms with van der Waals surface area (Å²) in [5.41, 5.74) is 0. The van der Waals surface area contributed by atoms with Crippen molar-refractivity contribution >= 4 is 0 Å². The minimum absolute atomic E-state index is 0.917. The van der Waals surface area contributed by atoms with Gasteiger partial charge in [0.15, 0.2) is 0 Å². The molecule has 2 aliphatic rings. The predicted octanol–water partition coefficient (Wildman–Crippen LogP) is 4.10. The zero-order chi connectivity index (χ0) is 9.42. The van der Waals surface area contributed by atoms with Crippen molar-refractivity contribution in [1.82, 2.24) is 0 Å². The monoisotopic (exact) mass is 180 g/mol. The van der Waals surface area contributed by atoms with Crippen LogP contribution in [0.15, 0.2) is 0 Å². The van der Waals surface area contributed by atoms with E-state index in [4.69, 9.17) is 0 Å². The molecule has 0 heterocycles. The highest BCUT2D eigenvalue weighted by Gasteiger charge is 2.40. The molecule has 0 aromatic carbocycles. The van der Waals surface area contributed by atoms with Gasteiger partial charge in [-0.15, -0.1) is 0 Å². The molecule has 0 N–H and O–H groups in total. The number of rotatable bonds is 1. The summed E-state index contributed by atoms with van der Waals surface area (Å²) in [6.45, 7) is 7.35. The van der Waals surface area contributed by atoms with E-state index in [0.29, 0.717) is 0 Å². The second-order valence-electron chi connectivity index (χ2n) is 5.73.